The maximum atomic E-state index is 11.7. The Morgan fingerprint density at radius 1 is 1.20 bits per heavy atom. The van der Waals surface area contributed by atoms with Crippen LogP contribution in [0.3, 0.4) is 0 Å². The summed E-state index contributed by atoms with van der Waals surface area (Å²) < 4.78 is 11.0. The molecule has 1 heterocycles. The van der Waals surface area contributed by atoms with Gasteiger partial charge in [-0.1, -0.05) is 0 Å². The van der Waals surface area contributed by atoms with E-state index in [-0.39, 0.29) is 23.9 Å². The van der Waals surface area contributed by atoms with Crippen LogP contribution in [0.15, 0.2) is 0 Å². The van der Waals surface area contributed by atoms with Crippen LogP contribution in [-0.2, 0) is 19.1 Å². The fourth-order valence-corrected chi connectivity index (χ4v) is 2.18. The number of nitrogens with zero attached hydrogens (tertiary/aromatic N) is 1. The maximum Gasteiger partial charge on any atom is 0.306 e. The normalized spacial score (nSPS) is 23.2. The Morgan fingerprint density at radius 3 is 2.30 bits per heavy atom. The van der Waals surface area contributed by atoms with Crippen LogP contribution in [0.25, 0.3) is 0 Å². The van der Waals surface area contributed by atoms with Gasteiger partial charge in [-0.3, -0.25) is 9.59 Å². The number of rotatable bonds is 4. The van der Waals surface area contributed by atoms with E-state index in [1.54, 1.807) is 19.0 Å². The third kappa shape index (κ3) is 6.37. The summed E-state index contributed by atoms with van der Waals surface area (Å²) in [7, 11) is 3.49. The van der Waals surface area contributed by atoms with Crippen LogP contribution in [0.5, 0.6) is 0 Å². The summed E-state index contributed by atoms with van der Waals surface area (Å²) in [5.41, 5.74) is -0.437. The van der Waals surface area contributed by atoms with Crippen molar-refractivity contribution in [3.8, 4) is 0 Å². The highest BCUT2D eigenvalue weighted by Gasteiger charge is 2.27. The number of hydrogen-bond acceptors (Lipinski definition) is 4. The molecule has 0 bridgehead atoms. The minimum Gasteiger partial charge on any atom is -0.460 e. The van der Waals surface area contributed by atoms with E-state index < -0.39 is 5.60 Å². The topological polar surface area (TPSA) is 55.8 Å². The second-order valence-electron chi connectivity index (χ2n) is 6.68. The van der Waals surface area contributed by atoms with Crippen LogP contribution in [0, 0.1) is 5.92 Å². The first-order valence-electron chi connectivity index (χ1n) is 7.21. The standard InChI is InChI=1S/C15H27NO4/c1-15(2,3)20-14(18)8-11-6-7-12(19-10-11)9-13(17)16(4)5/h11-12H,6-10H2,1-5H3/t11-,12-/m0/s1. The number of esters is 1. The molecule has 0 aromatic heterocycles. The lowest BCUT2D eigenvalue weighted by molar-refractivity contribution is -0.158. The monoisotopic (exact) mass is 285 g/mol. The van der Waals surface area contributed by atoms with E-state index in [4.69, 9.17) is 9.47 Å². The molecule has 2 atom stereocenters. The van der Waals surface area contributed by atoms with Gasteiger partial charge < -0.3 is 14.4 Å². The number of hydrogen-bond donors (Lipinski definition) is 0. The van der Waals surface area contributed by atoms with Gasteiger partial charge in [0.25, 0.3) is 0 Å². The molecule has 1 fully saturated rings. The molecule has 0 aromatic rings. The second kappa shape index (κ2) is 7.07. The summed E-state index contributed by atoms with van der Waals surface area (Å²) in [5.74, 6) is 0.116. The van der Waals surface area contributed by atoms with Gasteiger partial charge in [0, 0.05) is 14.1 Å². The molecule has 1 aliphatic rings. The number of carbonyl (C=O) groups is 2. The van der Waals surface area contributed by atoms with E-state index in [0.717, 1.165) is 12.8 Å². The van der Waals surface area contributed by atoms with Gasteiger partial charge in [-0.2, -0.15) is 0 Å². The van der Waals surface area contributed by atoms with E-state index >= 15 is 0 Å². The lowest BCUT2D eigenvalue weighted by Gasteiger charge is -2.29. The van der Waals surface area contributed by atoms with Crippen molar-refractivity contribution in [2.45, 2.75) is 58.2 Å². The van der Waals surface area contributed by atoms with Crippen molar-refractivity contribution in [3.05, 3.63) is 0 Å². The molecule has 0 N–H and O–H groups in total. The summed E-state index contributed by atoms with van der Waals surface area (Å²) >= 11 is 0. The van der Waals surface area contributed by atoms with Crippen molar-refractivity contribution in [1.82, 2.24) is 4.90 Å². The highest BCUT2D eigenvalue weighted by atomic mass is 16.6. The first-order valence-corrected chi connectivity index (χ1v) is 7.21. The molecule has 1 amide bonds. The summed E-state index contributed by atoms with van der Waals surface area (Å²) in [4.78, 5) is 24.9. The van der Waals surface area contributed by atoms with Crippen molar-refractivity contribution in [1.29, 1.82) is 0 Å². The highest BCUT2D eigenvalue weighted by Crippen LogP contribution is 2.24. The van der Waals surface area contributed by atoms with Crippen molar-refractivity contribution in [2.24, 2.45) is 5.92 Å². The fourth-order valence-electron chi connectivity index (χ4n) is 2.18. The first-order chi connectivity index (χ1) is 9.17. The van der Waals surface area contributed by atoms with Gasteiger partial charge in [0.1, 0.15) is 5.60 Å². The molecular weight excluding hydrogens is 258 g/mol. The Kier molecular flexibility index (Phi) is 5.99. The van der Waals surface area contributed by atoms with Gasteiger partial charge in [-0.05, 0) is 39.5 Å². The number of amides is 1. The van der Waals surface area contributed by atoms with Crippen molar-refractivity contribution in [3.63, 3.8) is 0 Å². The molecule has 0 aromatic carbocycles. The SMILES string of the molecule is CN(C)C(=O)C[C@@H]1CC[C@@H](CC(=O)OC(C)(C)C)CO1. The molecule has 5 heteroatoms. The van der Waals surface area contributed by atoms with E-state index in [2.05, 4.69) is 0 Å². The maximum absolute atomic E-state index is 11.7. The summed E-state index contributed by atoms with van der Waals surface area (Å²) in [5, 5.41) is 0. The second-order valence-corrected chi connectivity index (χ2v) is 6.68. The Balaban J connectivity index is 2.29. The predicted octanol–water partition coefficient (Wildman–Crippen LogP) is 1.99. The molecule has 0 radical (unpaired) electrons. The minimum atomic E-state index is -0.437. The molecule has 1 aliphatic heterocycles. The Bertz CT molecular complexity index is 338. The molecule has 5 nitrogen and oxygen atoms in total. The molecule has 116 valence electrons. The van der Waals surface area contributed by atoms with Crippen LogP contribution in [-0.4, -0.2) is 49.2 Å². The van der Waals surface area contributed by atoms with Crippen LogP contribution in [0.4, 0.5) is 0 Å². The Labute approximate surface area is 121 Å². The molecular formula is C15H27NO4. The Hall–Kier alpha value is -1.10. The van der Waals surface area contributed by atoms with Crippen LogP contribution >= 0.6 is 0 Å². The lowest BCUT2D eigenvalue weighted by Crippen LogP contribution is -2.33. The van der Waals surface area contributed by atoms with E-state index in [9.17, 15) is 9.59 Å². The molecule has 0 saturated carbocycles. The zero-order chi connectivity index (χ0) is 15.3. The largest absolute Gasteiger partial charge is 0.460 e. The van der Waals surface area contributed by atoms with Crippen LogP contribution < -0.4 is 0 Å². The zero-order valence-electron chi connectivity index (χ0n) is 13.3. The third-order valence-electron chi connectivity index (χ3n) is 3.24. The summed E-state index contributed by atoms with van der Waals surface area (Å²) in [6, 6.07) is 0. The Morgan fingerprint density at radius 2 is 1.85 bits per heavy atom. The number of carbonyl (C=O) groups excluding carboxylic acids is 2. The van der Waals surface area contributed by atoms with Crippen molar-refractivity contribution in [2.75, 3.05) is 20.7 Å². The van der Waals surface area contributed by atoms with Crippen molar-refractivity contribution < 1.29 is 19.1 Å². The third-order valence-corrected chi connectivity index (χ3v) is 3.24. The highest BCUT2D eigenvalue weighted by molar-refractivity contribution is 5.76. The minimum absolute atomic E-state index is 0.0141. The predicted molar refractivity (Wildman–Crippen MR) is 76.2 cm³/mol. The summed E-state index contributed by atoms with van der Waals surface area (Å²) in [6.45, 7) is 6.13. The first kappa shape index (κ1) is 17.0. The van der Waals surface area contributed by atoms with Gasteiger partial charge in [-0.25, -0.2) is 0 Å². The van der Waals surface area contributed by atoms with E-state index in [0.29, 0.717) is 19.4 Å². The average molecular weight is 285 g/mol. The average Bonchev–Trinajstić information content (AvgIpc) is 2.28. The van der Waals surface area contributed by atoms with Gasteiger partial charge >= 0.3 is 5.97 Å². The molecule has 0 unspecified atom stereocenters. The van der Waals surface area contributed by atoms with Crippen LogP contribution in [0.2, 0.25) is 0 Å². The van der Waals surface area contributed by atoms with Crippen LogP contribution in [0.1, 0.15) is 46.5 Å². The van der Waals surface area contributed by atoms with E-state index in [1.165, 1.54) is 0 Å². The lowest BCUT2D eigenvalue weighted by atomic mass is 9.94. The van der Waals surface area contributed by atoms with E-state index in [1.807, 2.05) is 20.8 Å². The van der Waals surface area contributed by atoms with Gasteiger partial charge in [-0.15, -0.1) is 0 Å². The zero-order valence-corrected chi connectivity index (χ0v) is 13.3. The number of ether oxygens (including phenoxy) is 2. The van der Waals surface area contributed by atoms with Gasteiger partial charge in [0.05, 0.1) is 25.6 Å². The smallest absolute Gasteiger partial charge is 0.306 e. The molecule has 20 heavy (non-hydrogen) atoms. The fraction of sp³-hybridized carbons (Fsp3) is 0.867. The summed E-state index contributed by atoms with van der Waals surface area (Å²) in [6.07, 6.45) is 2.54. The quantitative estimate of drug-likeness (QED) is 0.741. The molecule has 0 spiro atoms. The molecule has 1 saturated heterocycles. The van der Waals surface area contributed by atoms with Crippen molar-refractivity contribution >= 4 is 11.9 Å². The molecule has 1 rings (SSSR count). The van der Waals surface area contributed by atoms with Gasteiger partial charge in [0.2, 0.25) is 5.91 Å². The van der Waals surface area contributed by atoms with Gasteiger partial charge in [0.15, 0.2) is 0 Å². The molecule has 0 aliphatic carbocycles.